The van der Waals surface area contributed by atoms with Gasteiger partial charge in [-0.1, -0.05) is 0 Å². The summed E-state index contributed by atoms with van der Waals surface area (Å²) in [5, 5.41) is 6.14. The predicted octanol–water partition coefficient (Wildman–Crippen LogP) is -1.06. The summed E-state index contributed by atoms with van der Waals surface area (Å²) >= 11 is 0. The first-order chi connectivity index (χ1) is 5.74. The van der Waals surface area contributed by atoms with E-state index in [1.807, 2.05) is 0 Å². The van der Waals surface area contributed by atoms with Crippen molar-refractivity contribution in [3.63, 3.8) is 0 Å². The van der Waals surface area contributed by atoms with Crippen molar-refractivity contribution in [2.24, 2.45) is 5.73 Å². The highest BCUT2D eigenvalue weighted by Crippen LogP contribution is 2.03. The van der Waals surface area contributed by atoms with Crippen LogP contribution < -0.4 is 11.1 Å². The van der Waals surface area contributed by atoms with E-state index in [9.17, 15) is 9.59 Å². The second-order valence-corrected chi connectivity index (χ2v) is 2.10. The van der Waals surface area contributed by atoms with Crippen LogP contribution in [0.3, 0.4) is 0 Å². The lowest BCUT2D eigenvalue weighted by atomic mass is 10.6. The van der Waals surface area contributed by atoms with Crippen molar-refractivity contribution in [1.82, 2.24) is 9.78 Å². The molecule has 64 valence electrons. The van der Waals surface area contributed by atoms with Gasteiger partial charge in [0.2, 0.25) is 12.3 Å². The lowest BCUT2D eigenvalue weighted by Crippen LogP contribution is -2.20. The van der Waals surface area contributed by atoms with Gasteiger partial charge in [-0.05, 0) is 0 Å². The van der Waals surface area contributed by atoms with Gasteiger partial charge in [-0.15, -0.1) is 0 Å². The first-order valence-electron chi connectivity index (χ1n) is 3.24. The molecule has 0 aliphatic heterocycles. The van der Waals surface area contributed by atoms with Gasteiger partial charge in [0.1, 0.15) is 12.4 Å². The van der Waals surface area contributed by atoms with Crippen molar-refractivity contribution in [2.45, 2.75) is 6.54 Å². The molecule has 0 aliphatic carbocycles. The number of amides is 2. The Balaban J connectivity index is 2.76. The zero-order chi connectivity index (χ0) is 8.97. The molecule has 0 unspecified atom stereocenters. The number of anilines is 1. The smallest absolute Gasteiger partial charge is 0.239 e. The van der Waals surface area contributed by atoms with Gasteiger partial charge in [-0.25, -0.2) is 4.68 Å². The van der Waals surface area contributed by atoms with Gasteiger partial charge in [0, 0.05) is 6.07 Å². The highest BCUT2D eigenvalue weighted by molar-refractivity contribution is 5.75. The molecule has 0 fully saturated rings. The normalized spacial score (nSPS) is 9.33. The average molecular weight is 168 g/mol. The van der Waals surface area contributed by atoms with E-state index >= 15 is 0 Å². The third-order valence-corrected chi connectivity index (χ3v) is 1.23. The molecule has 0 aliphatic rings. The molecule has 0 radical (unpaired) electrons. The Morgan fingerprint density at radius 1 is 1.83 bits per heavy atom. The predicted molar refractivity (Wildman–Crippen MR) is 41.1 cm³/mol. The molecule has 1 aromatic rings. The monoisotopic (exact) mass is 168 g/mol. The van der Waals surface area contributed by atoms with Crippen molar-refractivity contribution in [3.8, 4) is 0 Å². The van der Waals surface area contributed by atoms with Crippen molar-refractivity contribution >= 4 is 18.1 Å². The Bertz CT molecular complexity index is 293. The van der Waals surface area contributed by atoms with Gasteiger partial charge < -0.3 is 11.1 Å². The molecule has 0 saturated carbocycles. The van der Waals surface area contributed by atoms with Gasteiger partial charge in [0.05, 0.1) is 6.20 Å². The minimum absolute atomic E-state index is 0.0385. The van der Waals surface area contributed by atoms with E-state index in [1.54, 1.807) is 6.07 Å². The number of nitrogens with zero attached hydrogens (tertiary/aromatic N) is 2. The topological polar surface area (TPSA) is 90.0 Å². The summed E-state index contributed by atoms with van der Waals surface area (Å²) in [7, 11) is 0. The SMILES string of the molecule is NC(=O)Cn1nccc1NC=O. The summed E-state index contributed by atoms with van der Waals surface area (Å²) in [4.78, 5) is 20.5. The number of carbonyl (C=O) groups excluding carboxylic acids is 2. The Morgan fingerprint density at radius 3 is 3.17 bits per heavy atom. The fraction of sp³-hybridized carbons (Fsp3) is 0.167. The molecule has 6 heteroatoms. The van der Waals surface area contributed by atoms with Crippen LogP contribution in [-0.4, -0.2) is 22.1 Å². The fourth-order valence-corrected chi connectivity index (χ4v) is 0.789. The van der Waals surface area contributed by atoms with Crippen molar-refractivity contribution in [1.29, 1.82) is 0 Å². The molecular formula is C6H8N4O2. The summed E-state index contributed by atoms with van der Waals surface area (Å²) in [6, 6.07) is 1.57. The molecule has 1 heterocycles. The first kappa shape index (κ1) is 8.25. The molecule has 1 rings (SSSR count). The van der Waals surface area contributed by atoms with Crippen molar-refractivity contribution in [3.05, 3.63) is 12.3 Å². The number of nitrogens with two attached hydrogens (primary N) is 1. The average Bonchev–Trinajstić information content (AvgIpc) is 2.37. The third kappa shape index (κ3) is 1.82. The number of nitrogens with one attached hydrogen (secondary N) is 1. The first-order valence-corrected chi connectivity index (χ1v) is 3.24. The molecule has 0 saturated heterocycles. The molecule has 6 nitrogen and oxygen atoms in total. The van der Waals surface area contributed by atoms with Gasteiger partial charge in [-0.3, -0.25) is 9.59 Å². The summed E-state index contributed by atoms with van der Waals surface area (Å²) in [6.07, 6.45) is 1.98. The molecule has 0 atom stereocenters. The summed E-state index contributed by atoms with van der Waals surface area (Å²) in [5.41, 5.74) is 4.93. The maximum atomic E-state index is 10.5. The largest absolute Gasteiger partial charge is 0.368 e. The van der Waals surface area contributed by atoms with Gasteiger partial charge in [-0.2, -0.15) is 5.10 Å². The molecule has 12 heavy (non-hydrogen) atoms. The standard InChI is InChI=1S/C6H8N4O2/c7-5(12)3-10-6(8-4-11)1-2-9-10/h1-2,4H,3H2,(H2,7,12)(H,8,11). The van der Waals surface area contributed by atoms with Crippen LogP contribution in [0, 0.1) is 0 Å². The summed E-state index contributed by atoms with van der Waals surface area (Å²) in [6.45, 7) is -0.0385. The summed E-state index contributed by atoms with van der Waals surface area (Å²) < 4.78 is 1.30. The lowest BCUT2D eigenvalue weighted by molar-refractivity contribution is -0.118. The Morgan fingerprint density at radius 2 is 2.58 bits per heavy atom. The van der Waals surface area contributed by atoms with Gasteiger partial charge in [0.15, 0.2) is 0 Å². The molecule has 1 aromatic heterocycles. The van der Waals surface area contributed by atoms with Crippen LogP contribution in [0.4, 0.5) is 5.82 Å². The number of primary amides is 1. The van der Waals surface area contributed by atoms with Crippen LogP contribution in [0.5, 0.6) is 0 Å². The molecule has 3 N–H and O–H groups in total. The Labute approximate surface area is 68.3 Å². The molecule has 0 bridgehead atoms. The van der Waals surface area contributed by atoms with Crippen LogP contribution in [0.2, 0.25) is 0 Å². The zero-order valence-corrected chi connectivity index (χ0v) is 6.23. The van der Waals surface area contributed by atoms with Crippen LogP contribution in [0.25, 0.3) is 0 Å². The highest BCUT2D eigenvalue weighted by atomic mass is 16.1. The number of aromatic nitrogens is 2. The molecule has 0 spiro atoms. The number of rotatable bonds is 4. The van der Waals surface area contributed by atoms with E-state index in [1.165, 1.54) is 10.9 Å². The van der Waals surface area contributed by atoms with Crippen LogP contribution in [0.15, 0.2) is 12.3 Å². The van der Waals surface area contributed by atoms with Gasteiger partial charge >= 0.3 is 0 Å². The molecule has 0 aromatic carbocycles. The number of carbonyl (C=O) groups is 2. The van der Waals surface area contributed by atoms with Crippen LogP contribution in [-0.2, 0) is 16.1 Å². The number of hydrogen-bond donors (Lipinski definition) is 2. The fourth-order valence-electron chi connectivity index (χ4n) is 0.789. The quantitative estimate of drug-likeness (QED) is 0.561. The molecule has 2 amide bonds. The van der Waals surface area contributed by atoms with E-state index in [0.29, 0.717) is 12.2 Å². The maximum Gasteiger partial charge on any atom is 0.239 e. The minimum Gasteiger partial charge on any atom is -0.368 e. The highest BCUT2D eigenvalue weighted by Gasteiger charge is 2.02. The van der Waals surface area contributed by atoms with Crippen LogP contribution in [0.1, 0.15) is 0 Å². The van der Waals surface area contributed by atoms with Crippen LogP contribution >= 0.6 is 0 Å². The maximum absolute atomic E-state index is 10.5. The van der Waals surface area contributed by atoms with E-state index in [0.717, 1.165) is 0 Å². The second kappa shape index (κ2) is 3.51. The van der Waals surface area contributed by atoms with E-state index in [2.05, 4.69) is 10.4 Å². The van der Waals surface area contributed by atoms with E-state index in [4.69, 9.17) is 5.73 Å². The van der Waals surface area contributed by atoms with Gasteiger partial charge in [0.25, 0.3) is 0 Å². The van der Waals surface area contributed by atoms with Crippen molar-refractivity contribution < 1.29 is 9.59 Å². The lowest BCUT2D eigenvalue weighted by Gasteiger charge is -2.01. The minimum atomic E-state index is -0.507. The Hall–Kier alpha value is -1.85. The molecular weight excluding hydrogens is 160 g/mol. The number of hydrogen-bond acceptors (Lipinski definition) is 3. The Kier molecular flexibility index (Phi) is 2.42. The van der Waals surface area contributed by atoms with E-state index < -0.39 is 5.91 Å². The summed E-state index contributed by atoms with van der Waals surface area (Å²) in [5.74, 6) is -0.0588. The van der Waals surface area contributed by atoms with Crippen molar-refractivity contribution in [2.75, 3.05) is 5.32 Å². The third-order valence-electron chi connectivity index (χ3n) is 1.23. The second-order valence-electron chi connectivity index (χ2n) is 2.10. The van der Waals surface area contributed by atoms with E-state index in [-0.39, 0.29) is 6.54 Å². The zero-order valence-electron chi connectivity index (χ0n) is 6.23.